The summed E-state index contributed by atoms with van der Waals surface area (Å²) in [4.78, 5) is 12.3. The van der Waals surface area contributed by atoms with Gasteiger partial charge in [-0.05, 0) is 50.3 Å². The molecule has 0 N–H and O–H groups in total. The molecule has 5 heteroatoms. The van der Waals surface area contributed by atoms with Crippen molar-refractivity contribution < 1.29 is 9.53 Å². The SMILES string of the molecule is CCn1nnc2cc(C(=O)OC3CCCC(C)C3)ccc21. The Balaban J connectivity index is 1.75. The minimum Gasteiger partial charge on any atom is -0.459 e. The Morgan fingerprint density at radius 1 is 1.43 bits per heavy atom. The molecule has 1 saturated carbocycles. The molecule has 0 radical (unpaired) electrons. The maximum atomic E-state index is 12.3. The highest BCUT2D eigenvalue weighted by Crippen LogP contribution is 2.26. The van der Waals surface area contributed by atoms with E-state index in [1.165, 1.54) is 6.42 Å². The van der Waals surface area contributed by atoms with Gasteiger partial charge < -0.3 is 4.74 Å². The fourth-order valence-electron chi connectivity index (χ4n) is 3.04. The van der Waals surface area contributed by atoms with Crippen LogP contribution in [0.25, 0.3) is 11.0 Å². The molecule has 5 nitrogen and oxygen atoms in total. The summed E-state index contributed by atoms with van der Waals surface area (Å²) in [5.41, 5.74) is 2.24. The number of ether oxygens (including phenoxy) is 1. The number of hydrogen-bond acceptors (Lipinski definition) is 4. The quantitative estimate of drug-likeness (QED) is 0.813. The van der Waals surface area contributed by atoms with E-state index >= 15 is 0 Å². The van der Waals surface area contributed by atoms with Crippen LogP contribution in [0.3, 0.4) is 0 Å². The summed E-state index contributed by atoms with van der Waals surface area (Å²) in [6.45, 7) is 5.00. The lowest BCUT2D eigenvalue weighted by Gasteiger charge is -2.26. The molecule has 1 aliphatic rings. The predicted molar refractivity (Wildman–Crippen MR) is 80.0 cm³/mol. The minimum atomic E-state index is -0.248. The normalized spacial score (nSPS) is 22.4. The van der Waals surface area contributed by atoms with Crippen LogP contribution in [0.2, 0.25) is 0 Å². The van der Waals surface area contributed by atoms with Crippen molar-refractivity contribution >= 4 is 17.0 Å². The second kappa shape index (κ2) is 5.84. The van der Waals surface area contributed by atoms with Gasteiger partial charge in [0.2, 0.25) is 0 Å². The Morgan fingerprint density at radius 2 is 2.29 bits per heavy atom. The van der Waals surface area contributed by atoms with Crippen LogP contribution in [0.1, 0.15) is 49.9 Å². The molecule has 0 amide bonds. The van der Waals surface area contributed by atoms with E-state index in [0.717, 1.165) is 36.8 Å². The first-order chi connectivity index (χ1) is 10.2. The van der Waals surface area contributed by atoms with Gasteiger partial charge in [-0.15, -0.1) is 5.10 Å². The molecule has 0 spiro atoms. The van der Waals surface area contributed by atoms with Crippen molar-refractivity contribution in [1.29, 1.82) is 0 Å². The largest absolute Gasteiger partial charge is 0.459 e. The van der Waals surface area contributed by atoms with E-state index < -0.39 is 0 Å². The first kappa shape index (κ1) is 14.0. The number of aromatic nitrogens is 3. The zero-order valence-corrected chi connectivity index (χ0v) is 12.6. The standard InChI is InChI=1S/C16H21N3O2/c1-3-19-15-8-7-12(10-14(15)17-18-19)16(20)21-13-6-4-5-11(2)9-13/h7-8,10-11,13H,3-6,9H2,1-2H3. The predicted octanol–water partition coefficient (Wildman–Crippen LogP) is 3.19. The molecule has 0 bridgehead atoms. The van der Waals surface area contributed by atoms with Crippen LogP contribution < -0.4 is 0 Å². The maximum Gasteiger partial charge on any atom is 0.338 e. The maximum absolute atomic E-state index is 12.3. The number of nitrogens with zero attached hydrogens (tertiary/aromatic N) is 3. The van der Waals surface area contributed by atoms with E-state index in [-0.39, 0.29) is 12.1 Å². The second-order valence-electron chi connectivity index (χ2n) is 5.91. The monoisotopic (exact) mass is 287 g/mol. The molecule has 1 heterocycles. The molecule has 0 aliphatic heterocycles. The Morgan fingerprint density at radius 3 is 3.05 bits per heavy atom. The summed E-state index contributed by atoms with van der Waals surface area (Å²) >= 11 is 0. The summed E-state index contributed by atoms with van der Waals surface area (Å²) in [6, 6.07) is 5.45. The third-order valence-corrected chi connectivity index (χ3v) is 4.21. The Bertz CT molecular complexity index is 650. The lowest BCUT2D eigenvalue weighted by Crippen LogP contribution is -2.24. The van der Waals surface area contributed by atoms with Crippen molar-refractivity contribution in [3.05, 3.63) is 23.8 Å². The van der Waals surface area contributed by atoms with E-state index in [2.05, 4.69) is 17.2 Å². The van der Waals surface area contributed by atoms with Gasteiger partial charge in [-0.3, -0.25) is 0 Å². The first-order valence-electron chi connectivity index (χ1n) is 7.71. The van der Waals surface area contributed by atoms with Crippen molar-refractivity contribution in [2.45, 2.75) is 52.2 Å². The van der Waals surface area contributed by atoms with Crippen LogP contribution in [-0.4, -0.2) is 27.1 Å². The Hall–Kier alpha value is -1.91. The van der Waals surface area contributed by atoms with Gasteiger partial charge in [0.05, 0.1) is 11.1 Å². The van der Waals surface area contributed by atoms with Gasteiger partial charge in [0.1, 0.15) is 11.6 Å². The van der Waals surface area contributed by atoms with Gasteiger partial charge in [-0.1, -0.05) is 18.6 Å². The number of rotatable bonds is 3. The van der Waals surface area contributed by atoms with E-state index in [1.807, 2.05) is 17.7 Å². The highest BCUT2D eigenvalue weighted by atomic mass is 16.5. The molecule has 1 aromatic carbocycles. The van der Waals surface area contributed by atoms with Gasteiger partial charge in [0.15, 0.2) is 0 Å². The molecule has 1 fully saturated rings. The minimum absolute atomic E-state index is 0.0586. The second-order valence-corrected chi connectivity index (χ2v) is 5.91. The summed E-state index contributed by atoms with van der Waals surface area (Å²) in [6.07, 6.45) is 4.39. The van der Waals surface area contributed by atoms with Gasteiger partial charge >= 0.3 is 5.97 Å². The number of hydrogen-bond donors (Lipinski definition) is 0. The summed E-state index contributed by atoms with van der Waals surface area (Å²) < 4.78 is 7.45. The fraction of sp³-hybridized carbons (Fsp3) is 0.562. The zero-order chi connectivity index (χ0) is 14.8. The summed E-state index contributed by atoms with van der Waals surface area (Å²) in [5, 5.41) is 8.15. The third kappa shape index (κ3) is 2.91. The molecule has 21 heavy (non-hydrogen) atoms. The average molecular weight is 287 g/mol. The molecular formula is C16H21N3O2. The van der Waals surface area contributed by atoms with Crippen molar-refractivity contribution in [2.24, 2.45) is 5.92 Å². The molecule has 112 valence electrons. The van der Waals surface area contributed by atoms with Crippen LogP contribution in [0.4, 0.5) is 0 Å². The van der Waals surface area contributed by atoms with E-state index in [0.29, 0.717) is 11.5 Å². The lowest BCUT2D eigenvalue weighted by molar-refractivity contribution is 0.0155. The number of aryl methyl sites for hydroxylation is 1. The van der Waals surface area contributed by atoms with Crippen LogP contribution in [0.5, 0.6) is 0 Å². The highest BCUT2D eigenvalue weighted by Gasteiger charge is 2.23. The fourth-order valence-corrected chi connectivity index (χ4v) is 3.04. The van der Waals surface area contributed by atoms with Crippen LogP contribution in [0.15, 0.2) is 18.2 Å². The molecule has 1 aromatic heterocycles. The van der Waals surface area contributed by atoms with E-state index in [4.69, 9.17) is 4.74 Å². The van der Waals surface area contributed by atoms with E-state index in [9.17, 15) is 4.79 Å². The van der Waals surface area contributed by atoms with Crippen LogP contribution in [0, 0.1) is 5.92 Å². The van der Waals surface area contributed by atoms with Gasteiger partial charge in [-0.2, -0.15) is 0 Å². The lowest BCUT2D eigenvalue weighted by atomic mass is 9.89. The van der Waals surface area contributed by atoms with E-state index in [1.54, 1.807) is 12.1 Å². The summed E-state index contributed by atoms with van der Waals surface area (Å²) in [7, 11) is 0. The van der Waals surface area contributed by atoms with Crippen LogP contribution >= 0.6 is 0 Å². The van der Waals surface area contributed by atoms with Crippen molar-refractivity contribution in [3.63, 3.8) is 0 Å². The summed E-state index contributed by atoms with van der Waals surface area (Å²) in [5.74, 6) is 0.394. The Kier molecular flexibility index (Phi) is 3.90. The van der Waals surface area contributed by atoms with Crippen molar-refractivity contribution in [2.75, 3.05) is 0 Å². The molecule has 2 atom stereocenters. The number of carbonyl (C=O) groups excluding carboxylic acids is 1. The number of fused-ring (bicyclic) bond motifs is 1. The molecule has 0 saturated heterocycles. The zero-order valence-electron chi connectivity index (χ0n) is 12.6. The van der Waals surface area contributed by atoms with Gasteiger partial charge in [-0.25, -0.2) is 9.48 Å². The molecule has 1 aliphatic carbocycles. The number of esters is 1. The molecule has 3 rings (SSSR count). The highest BCUT2D eigenvalue weighted by molar-refractivity contribution is 5.93. The molecular weight excluding hydrogens is 266 g/mol. The number of carbonyl (C=O) groups is 1. The van der Waals surface area contributed by atoms with Crippen molar-refractivity contribution in [1.82, 2.24) is 15.0 Å². The molecule has 2 unspecified atom stereocenters. The first-order valence-corrected chi connectivity index (χ1v) is 7.71. The Labute approximate surface area is 124 Å². The topological polar surface area (TPSA) is 57.0 Å². The van der Waals surface area contributed by atoms with Crippen molar-refractivity contribution in [3.8, 4) is 0 Å². The third-order valence-electron chi connectivity index (χ3n) is 4.21. The van der Waals surface area contributed by atoms with Gasteiger partial charge in [0.25, 0.3) is 0 Å². The molecule has 2 aromatic rings. The van der Waals surface area contributed by atoms with Crippen LogP contribution in [-0.2, 0) is 11.3 Å². The average Bonchev–Trinajstić information content (AvgIpc) is 2.89. The number of benzene rings is 1. The van der Waals surface area contributed by atoms with Gasteiger partial charge in [0, 0.05) is 6.54 Å². The smallest absolute Gasteiger partial charge is 0.338 e.